The number of amides is 2. The monoisotopic (exact) mass is 517 g/mol. The predicted molar refractivity (Wildman–Crippen MR) is 144 cm³/mol. The van der Waals surface area contributed by atoms with Gasteiger partial charge in [0.2, 0.25) is 21.8 Å². The number of ether oxygens (including phenoxy) is 1. The third kappa shape index (κ3) is 8.55. The first kappa shape index (κ1) is 29.2. The Morgan fingerprint density at radius 3 is 2.33 bits per heavy atom. The summed E-state index contributed by atoms with van der Waals surface area (Å²) in [7, 11) is -1.95. The summed E-state index contributed by atoms with van der Waals surface area (Å²) in [5, 5.41) is 2.95. The quantitative estimate of drug-likeness (QED) is 0.435. The van der Waals surface area contributed by atoms with Crippen LogP contribution in [0, 0.1) is 6.92 Å². The highest BCUT2D eigenvalue weighted by atomic mass is 32.2. The summed E-state index contributed by atoms with van der Waals surface area (Å²) in [6.45, 7) is 7.95. The zero-order chi connectivity index (χ0) is 26.9. The van der Waals surface area contributed by atoms with Crippen molar-refractivity contribution in [3.05, 3.63) is 59.7 Å². The average Bonchev–Trinajstić information content (AvgIpc) is 2.84. The Morgan fingerprint density at radius 1 is 1.08 bits per heavy atom. The van der Waals surface area contributed by atoms with Gasteiger partial charge in [0.15, 0.2) is 0 Å². The van der Waals surface area contributed by atoms with Crippen molar-refractivity contribution in [2.45, 2.75) is 65.6 Å². The molecular weight excluding hydrogens is 478 g/mol. The van der Waals surface area contributed by atoms with Crippen LogP contribution in [-0.2, 0) is 26.2 Å². The Morgan fingerprint density at radius 2 is 1.75 bits per heavy atom. The molecule has 0 saturated heterocycles. The van der Waals surface area contributed by atoms with Gasteiger partial charge < -0.3 is 15.0 Å². The van der Waals surface area contributed by atoms with Crippen LogP contribution >= 0.6 is 0 Å². The van der Waals surface area contributed by atoms with Gasteiger partial charge in [-0.2, -0.15) is 0 Å². The lowest BCUT2D eigenvalue weighted by molar-refractivity contribution is -0.140. The standard InChI is InChI=1S/C27H39N3O5S/c1-7-21(3)28-27(32)22(4)29(19-23-10-8-11-25(18-23)35-5)26(31)12-9-17-30(36(6,33)34)24-15-13-20(2)14-16-24/h8,10-11,13-16,18,21-22H,7,9,12,17,19H2,1-6H3,(H,28,32). The van der Waals surface area contributed by atoms with Crippen LogP contribution in [0.2, 0.25) is 0 Å². The maximum Gasteiger partial charge on any atom is 0.242 e. The number of methoxy groups -OCH3 is 1. The number of anilines is 1. The van der Waals surface area contributed by atoms with E-state index in [1.165, 1.54) is 4.31 Å². The van der Waals surface area contributed by atoms with Crippen LogP contribution in [0.5, 0.6) is 5.75 Å². The number of nitrogens with zero attached hydrogens (tertiary/aromatic N) is 2. The minimum absolute atomic E-state index is 0.00782. The molecule has 0 radical (unpaired) electrons. The van der Waals surface area contributed by atoms with Crippen LogP contribution in [0.3, 0.4) is 0 Å². The van der Waals surface area contributed by atoms with Crippen LogP contribution in [-0.4, -0.2) is 57.1 Å². The molecule has 1 N–H and O–H groups in total. The Bertz CT molecular complexity index is 1120. The van der Waals surface area contributed by atoms with Crippen molar-refractivity contribution in [3.63, 3.8) is 0 Å². The van der Waals surface area contributed by atoms with Gasteiger partial charge in [-0.25, -0.2) is 8.42 Å². The van der Waals surface area contributed by atoms with Crippen LogP contribution in [0.4, 0.5) is 5.69 Å². The molecule has 0 aliphatic carbocycles. The van der Waals surface area contributed by atoms with Crippen LogP contribution in [0.15, 0.2) is 48.5 Å². The zero-order valence-electron chi connectivity index (χ0n) is 22.2. The molecule has 0 aliphatic heterocycles. The van der Waals surface area contributed by atoms with Gasteiger partial charge in [0.1, 0.15) is 11.8 Å². The topological polar surface area (TPSA) is 96.0 Å². The van der Waals surface area contributed by atoms with Crippen LogP contribution in [0.25, 0.3) is 0 Å². The number of sulfonamides is 1. The fraction of sp³-hybridized carbons (Fsp3) is 0.481. The van der Waals surface area contributed by atoms with E-state index in [1.54, 1.807) is 31.1 Å². The molecule has 198 valence electrons. The summed E-state index contributed by atoms with van der Waals surface area (Å²) < 4.78 is 31.5. The largest absolute Gasteiger partial charge is 0.497 e. The van der Waals surface area contributed by atoms with Gasteiger partial charge in [0.25, 0.3) is 0 Å². The highest BCUT2D eigenvalue weighted by Gasteiger charge is 2.27. The second kappa shape index (κ2) is 13.3. The normalized spacial score (nSPS) is 12.9. The van der Waals surface area contributed by atoms with Gasteiger partial charge in [0.05, 0.1) is 19.1 Å². The second-order valence-corrected chi connectivity index (χ2v) is 11.0. The summed E-state index contributed by atoms with van der Waals surface area (Å²) in [5.74, 6) is 0.221. The first-order valence-electron chi connectivity index (χ1n) is 12.2. The first-order valence-corrected chi connectivity index (χ1v) is 14.1. The maximum atomic E-state index is 13.4. The van der Waals surface area contributed by atoms with E-state index >= 15 is 0 Å². The Kier molecular flexibility index (Phi) is 10.8. The molecule has 0 aromatic heterocycles. The molecule has 2 amide bonds. The number of rotatable bonds is 13. The SMILES string of the molecule is CCC(C)NC(=O)C(C)N(Cc1cccc(OC)c1)C(=O)CCCN(c1ccc(C)cc1)S(C)(=O)=O. The molecule has 2 aromatic rings. The lowest BCUT2D eigenvalue weighted by atomic mass is 10.1. The Hall–Kier alpha value is -3.07. The van der Waals surface area contributed by atoms with Gasteiger partial charge in [-0.3, -0.25) is 13.9 Å². The molecular formula is C27H39N3O5S. The number of nitrogens with one attached hydrogen (secondary N) is 1. The van der Waals surface area contributed by atoms with Crippen LogP contribution in [0.1, 0.15) is 51.2 Å². The number of benzene rings is 2. The van der Waals surface area contributed by atoms with E-state index in [-0.39, 0.29) is 37.4 Å². The number of aryl methyl sites for hydroxylation is 1. The van der Waals surface area contributed by atoms with E-state index in [4.69, 9.17) is 4.74 Å². The Balaban J connectivity index is 2.18. The zero-order valence-corrected chi connectivity index (χ0v) is 23.0. The van der Waals surface area contributed by atoms with Gasteiger partial charge in [-0.05, 0) is 63.4 Å². The molecule has 0 saturated carbocycles. The molecule has 0 aliphatic rings. The smallest absolute Gasteiger partial charge is 0.242 e. The fourth-order valence-electron chi connectivity index (χ4n) is 3.73. The lowest BCUT2D eigenvalue weighted by Gasteiger charge is -2.30. The molecule has 0 bridgehead atoms. The van der Waals surface area contributed by atoms with E-state index in [0.717, 1.165) is 23.8 Å². The molecule has 2 aromatic carbocycles. The molecule has 2 unspecified atom stereocenters. The number of carbonyl (C=O) groups is 2. The molecule has 2 rings (SSSR count). The van der Waals surface area contributed by atoms with Crippen molar-refractivity contribution in [2.75, 3.05) is 24.2 Å². The Labute approximate surface area is 215 Å². The summed E-state index contributed by atoms with van der Waals surface area (Å²) in [6.07, 6.45) is 2.35. The fourth-order valence-corrected chi connectivity index (χ4v) is 4.70. The van der Waals surface area contributed by atoms with E-state index in [1.807, 2.05) is 57.2 Å². The van der Waals surface area contributed by atoms with Gasteiger partial charge in [-0.15, -0.1) is 0 Å². The van der Waals surface area contributed by atoms with Crippen molar-refractivity contribution in [2.24, 2.45) is 0 Å². The van der Waals surface area contributed by atoms with Crippen LogP contribution < -0.4 is 14.4 Å². The predicted octanol–water partition coefficient (Wildman–Crippen LogP) is 3.88. The van der Waals surface area contributed by atoms with Gasteiger partial charge in [-0.1, -0.05) is 36.8 Å². The summed E-state index contributed by atoms with van der Waals surface area (Å²) in [4.78, 5) is 27.8. The minimum Gasteiger partial charge on any atom is -0.497 e. The molecule has 8 nitrogen and oxygen atoms in total. The molecule has 2 atom stereocenters. The summed E-state index contributed by atoms with van der Waals surface area (Å²) in [5.41, 5.74) is 2.42. The maximum absolute atomic E-state index is 13.4. The van der Waals surface area contributed by atoms with E-state index in [2.05, 4.69) is 5.32 Å². The van der Waals surface area contributed by atoms with Crippen molar-refractivity contribution < 1.29 is 22.7 Å². The number of hydrogen-bond acceptors (Lipinski definition) is 5. The van der Waals surface area contributed by atoms with E-state index in [0.29, 0.717) is 17.9 Å². The molecule has 0 fully saturated rings. The highest BCUT2D eigenvalue weighted by Crippen LogP contribution is 2.20. The highest BCUT2D eigenvalue weighted by molar-refractivity contribution is 7.92. The molecule has 9 heteroatoms. The number of hydrogen-bond donors (Lipinski definition) is 1. The van der Waals surface area contributed by atoms with Gasteiger partial charge in [0, 0.05) is 25.6 Å². The third-order valence-corrected chi connectivity index (χ3v) is 7.32. The third-order valence-electron chi connectivity index (χ3n) is 6.13. The summed E-state index contributed by atoms with van der Waals surface area (Å²) in [6, 6.07) is 13.9. The first-order chi connectivity index (χ1) is 17.0. The summed E-state index contributed by atoms with van der Waals surface area (Å²) >= 11 is 0. The average molecular weight is 518 g/mol. The van der Waals surface area contributed by atoms with E-state index < -0.39 is 16.1 Å². The number of carbonyl (C=O) groups excluding carboxylic acids is 2. The lowest BCUT2D eigenvalue weighted by Crippen LogP contribution is -2.49. The van der Waals surface area contributed by atoms with E-state index in [9.17, 15) is 18.0 Å². The van der Waals surface area contributed by atoms with Gasteiger partial charge >= 0.3 is 0 Å². The van der Waals surface area contributed by atoms with Crippen molar-refractivity contribution >= 4 is 27.5 Å². The van der Waals surface area contributed by atoms with Crippen molar-refractivity contribution in [3.8, 4) is 5.75 Å². The van der Waals surface area contributed by atoms with Crippen molar-refractivity contribution in [1.29, 1.82) is 0 Å². The molecule has 0 heterocycles. The second-order valence-electron chi connectivity index (χ2n) is 9.14. The minimum atomic E-state index is -3.52. The molecule has 36 heavy (non-hydrogen) atoms. The van der Waals surface area contributed by atoms with Crippen molar-refractivity contribution in [1.82, 2.24) is 10.2 Å². The molecule has 0 spiro atoms.